The molecule has 0 aliphatic rings. The number of H-pyrrole nitrogens is 1. The number of pyridine rings is 2. The maximum absolute atomic E-state index is 5.76. The minimum absolute atomic E-state index is 0.259. The lowest BCUT2D eigenvalue weighted by molar-refractivity contribution is 0.328. The molecule has 2 N–H and O–H groups in total. The van der Waals surface area contributed by atoms with Crippen LogP contribution < -0.4 is 10.1 Å². The molecule has 8 nitrogen and oxygen atoms in total. The van der Waals surface area contributed by atoms with E-state index in [1.165, 1.54) is 0 Å². The summed E-state index contributed by atoms with van der Waals surface area (Å²) in [7, 11) is 0. The number of nitrogens with one attached hydrogen (secondary N) is 2. The van der Waals surface area contributed by atoms with Gasteiger partial charge in [0.15, 0.2) is 0 Å². The molecule has 0 radical (unpaired) electrons. The molecule has 0 unspecified atom stereocenters. The Morgan fingerprint density at radius 3 is 2.77 bits per heavy atom. The van der Waals surface area contributed by atoms with Crippen molar-refractivity contribution in [2.45, 2.75) is 53.6 Å². The molecular weight excluding hydrogens is 390 g/mol. The van der Waals surface area contributed by atoms with Crippen LogP contribution in [-0.4, -0.2) is 36.6 Å². The van der Waals surface area contributed by atoms with Crippen LogP contribution in [0.3, 0.4) is 0 Å². The lowest BCUT2D eigenvalue weighted by atomic mass is 10.1. The van der Waals surface area contributed by atoms with Crippen molar-refractivity contribution in [2.24, 2.45) is 0 Å². The summed E-state index contributed by atoms with van der Waals surface area (Å²) in [5.74, 6) is 0.581. The minimum Gasteiger partial charge on any atom is -0.477 e. The predicted molar refractivity (Wildman–Crippen MR) is 122 cm³/mol. The number of ether oxygens (including phenoxy) is 1. The Kier molecular flexibility index (Phi) is 5.88. The third-order valence-corrected chi connectivity index (χ3v) is 5.38. The summed E-state index contributed by atoms with van der Waals surface area (Å²) in [6.07, 6.45) is 2.71. The highest BCUT2D eigenvalue weighted by molar-refractivity contribution is 5.93. The van der Waals surface area contributed by atoms with E-state index < -0.39 is 0 Å². The van der Waals surface area contributed by atoms with Crippen LogP contribution >= 0.6 is 0 Å². The predicted octanol–water partition coefficient (Wildman–Crippen LogP) is 4.82. The molecular formula is C23H29N7O. The lowest BCUT2D eigenvalue weighted by Gasteiger charge is -2.16. The average Bonchev–Trinajstić information content (AvgIpc) is 3.35. The van der Waals surface area contributed by atoms with Gasteiger partial charge in [-0.05, 0) is 58.4 Å². The highest BCUT2D eigenvalue weighted by Crippen LogP contribution is 2.35. The van der Waals surface area contributed by atoms with Crippen molar-refractivity contribution in [2.75, 3.05) is 11.9 Å². The fraction of sp³-hybridized carbons (Fsp3) is 0.391. The Bertz CT molecular complexity index is 1190. The first-order chi connectivity index (χ1) is 15.0. The van der Waals surface area contributed by atoms with Gasteiger partial charge in [0.2, 0.25) is 5.88 Å². The topological polar surface area (TPSA) is 93.5 Å². The summed E-state index contributed by atoms with van der Waals surface area (Å²) in [6.45, 7) is 11.4. The van der Waals surface area contributed by atoms with E-state index >= 15 is 0 Å². The first-order valence-corrected chi connectivity index (χ1v) is 10.7. The number of hydrogen-bond acceptors (Lipinski definition) is 6. The molecule has 4 aromatic rings. The quantitative estimate of drug-likeness (QED) is 0.425. The Hall–Kier alpha value is -3.42. The van der Waals surface area contributed by atoms with Gasteiger partial charge in [0, 0.05) is 17.9 Å². The van der Waals surface area contributed by atoms with Gasteiger partial charge in [-0.1, -0.05) is 6.92 Å². The summed E-state index contributed by atoms with van der Waals surface area (Å²) in [5.41, 5.74) is 7.40. The zero-order valence-corrected chi connectivity index (χ0v) is 18.7. The monoisotopic (exact) mass is 419 g/mol. The summed E-state index contributed by atoms with van der Waals surface area (Å²) < 4.78 is 7.84. The molecule has 1 atom stereocenters. The maximum Gasteiger partial charge on any atom is 0.222 e. The number of aromatic amines is 1. The van der Waals surface area contributed by atoms with Gasteiger partial charge in [-0.15, -0.1) is 0 Å². The molecule has 0 fully saturated rings. The molecule has 31 heavy (non-hydrogen) atoms. The number of aromatic nitrogens is 6. The van der Waals surface area contributed by atoms with Crippen LogP contribution in [0.25, 0.3) is 22.3 Å². The highest BCUT2D eigenvalue weighted by Gasteiger charge is 2.20. The highest BCUT2D eigenvalue weighted by atomic mass is 16.5. The molecule has 4 rings (SSSR count). The number of hydrogen-bond donors (Lipinski definition) is 2. The van der Waals surface area contributed by atoms with Crippen LogP contribution in [0.15, 0.2) is 30.5 Å². The largest absolute Gasteiger partial charge is 0.477 e. The zero-order valence-electron chi connectivity index (χ0n) is 18.7. The van der Waals surface area contributed by atoms with Gasteiger partial charge in [-0.3, -0.25) is 9.78 Å². The van der Waals surface area contributed by atoms with E-state index in [0.717, 1.165) is 51.5 Å². The van der Waals surface area contributed by atoms with E-state index in [9.17, 15) is 0 Å². The zero-order chi connectivity index (χ0) is 22.0. The molecule has 0 aliphatic carbocycles. The van der Waals surface area contributed by atoms with Crippen molar-refractivity contribution >= 4 is 16.7 Å². The van der Waals surface area contributed by atoms with E-state index in [0.29, 0.717) is 19.0 Å². The van der Waals surface area contributed by atoms with Crippen molar-refractivity contribution in [3.05, 3.63) is 47.5 Å². The van der Waals surface area contributed by atoms with Gasteiger partial charge in [-0.2, -0.15) is 10.2 Å². The normalized spacial score (nSPS) is 12.3. The molecule has 8 heteroatoms. The van der Waals surface area contributed by atoms with Crippen molar-refractivity contribution in [1.29, 1.82) is 0 Å². The van der Waals surface area contributed by atoms with Gasteiger partial charge in [0.1, 0.15) is 11.0 Å². The van der Waals surface area contributed by atoms with E-state index in [1.54, 1.807) is 6.20 Å². The Morgan fingerprint density at radius 2 is 2.06 bits per heavy atom. The van der Waals surface area contributed by atoms with Gasteiger partial charge >= 0.3 is 0 Å². The maximum atomic E-state index is 5.76. The van der Waals surface area contributed by atoms with E-state index in [1.807, 2.05) is 39.0 Å². The Morgan fingerprint density at radius 1 is 1.23 bits per heavy atom. The first-order valence-electron chi connectivity index (χ1n) is 10.7. The third kappa shape index (κ3) is 4.10. The molecule has 162 valence electrons. The fourth-order valence-corrected chi connectivity index (χ4v) is 3.63. The molecule has 0 saturated heterocycles. The van der Waals surface area contributed by atoms with Gasteiger partial charge < -0.3 is 10.1 Å². The lowest BCUT2D eigenvalue weighted by Crippen LogP contribution is -2.09. The summed E-state index contributed by atoms with van der Waals surface area (Å²) in [4.78, 5) is 9.38. The van der Waals surface area contributed by atoms with Gasteiger partial charge in [0.25, 0.3) is 0 Å². The smallest absolute Gasteiger partial charge is 0.222 e. The molecule has 0 amide bonds. The van der Waals surface area contributed by atoms with Crippen molar-refractivity contribution in [3.8, 4) is 17.1 Å². The molecule has 0 aromatic carbocycles. The van der Waals surface area contributed by atoms with Gasteiger partial charge in [-0.25, -0.2) is 9.97 Å². The Labute approximate surface area is 182 Å². The Balaban J connectivity index is 1.87. The first kappa shape index (κ1) is 20.8. The number of rotatable bonds is 8. The van der Waals surface area contributed by atoms with Crippen LogP contribution in [0.4, 0.5) is 5.69 Å². The second kappa shape index (κ2) is 8.75. The standard InChI is InChI=1S/C23H29N7O/c1-6-15(4)30-22-20(25-13-17-11-14(3)27-28-17)12-19(26-21(22)16(5)29-30)18-9-8-10-24-23(18)31-7-2/h8-12,15H,6-7,13H2,1-5H3,(H,25,26)(H,27,28)/t15-/m0/s1. The molecule has 0 bridgehead atoms. The average molecular weight is 420 g/mol. The number of nitrogens with zero attached hydrogens (tertiary/aromatic N) is 5. The van der Waals surface area contributed by atoms with Gasteiger partial charge in [0.05, 0.1) is 41.5 Å². The number of fused-ring (bicyclic) bond motifs is 1. The minimum atomic E-state index is 0.259. The van der Waals surface area contributed by atoms with Crippen LogP contribution in [0.1, 0.15) is 50.3 Å². The van der Waals surface area contributed by atoms with Crippen molar-refractivity contribution in [1.82, 2.24) is 29.9 Å². The second-order valence-corrected chi connectivity index (χ2v) is 7.72. The third-order valence-electron chi connectivity index (χ3n) is 5.38. The number of anilines is 1. The summed E-state index contributed by atoms with van der Waals surface area (Å²) in [6, 6.07) is 8.24. The molecule has 0 spiro atoms. The van der Waals surface area contributed by atoms with E-state index in [4.69, 9.17) is 14.8 Å². The fourth-order valence-electron chi connectivity index (χ4n) is 3.63. The number of aryl methyl sites for hydroxylation is 2. The SMILES string of the molecule is CCOc1ncccc1-c1cc(NCc2cc(C)[nH]n2)c2c(n1)c(C)nn2[C@@H](C)CC. The van der Waals surface area contributed by atoms with E-state index in [2.05, 4.69) is 45.1 Å². The van der Waals surface area contributed by atoms with Crippen molar-refractivity contribution in [3.63, 3.8) is 0 Å². The van der Waals surface area contributed by atoms with Crippen LogP contribution in [0, 0.1) is 13.8 Å². The molecule has 4 heterocycles. The van der Waals surface area contributed by atoms with Crippen LogP contribution in [0.5, 0.6) is 5.88 Å². The van der Waals surface area contributed by atoms with Crippen molar-refractivity contribution < 1.29 is 4.74 Å². The van der Waals surface area contributed by atoms with Crippen LogP contribution in [-0.2, 0) is 6.54 Å². The molecule has 4 aromatic heterocycles. The molecule has 0 aliphatic heterocycles. The van der Waals surface area contributed by atoms with Crippen LogP contribution in [0.2, 0.25) is 0 Å². The second-order valence-electron chi connectivity index (χ2n) is 7.72. The summed E-state index contributed by atoms with van der Waals surface area (Å²) >= 11 is 0. The van der Waals surface area contributed by atoms with E-state index in [-0.39, 0.29) is 6.04 Å². The summed E-state index contributed by atoms with van der Waals surface area (Å²) in [5, 5.41) is 15.7. The molecule has 0 saturated carbocycles.